The fraction of sp³-hybridized carbons (Fsp3) is 0.333. The first kappa shape index (κ1) is 12.7. The van der Waals surface area contributed by atoms with Crippen LogP contribution in [-0.2, 0) is 4.79 Å². The van der Waals surface area contributed by atoms with Crippen molar-refractivity contribution in [2.45, 2.75) is 26.2 Å². The molecule has 2 heterocycles. The van der Waals surface area contributed by atoms with Gasteiger partial charge in [-0.05, 0) is 19.9 Å². The third-order valence-electron chi connectivity index (χ3n) is 3.58. The van der Waals surface area contributed by atoms with Crippen molar-refractivity contribution in [2.75, 3.05) is 11.9 Å². The van der Waals surface area contributed by atoms with Gasteiger partial charge in [0, 0.05) is 29.2 Å². The van der Waals surface area contributed by atoms with Crippen LogP contribution in [0.4, 0.5) is 5.82 Å². The largest absolute Gasteiger partial charge is 0.494 e. The van der Waals surface area contributed by atoms with E-state index in [4.69, 9.17) is 4.74 Å². The van der Waals surface area contributed by atoms with Crippen molar-refractivity contribution >= 4 is 11.7 Å². The number of aromatic nitrogens is 2. The summed E-state index contributed by atoms with van der Waals surface area (Å²) in [4.78, 5) is 11.9. The highest BCUT2D eigenvalue weighted by Gasteiger charge is 2.31. The lowest BCUT2D eigenvalue weighted by Crippen LogP contribution is -2.23. The summed E-state index contributed by atoms with van der Waals surface area (Å²) in [6, 6.07) is 7.88. The highest BCUT2D eigenvalue weighted by molar-refractivity contribution is 5.94. The summed E-state index contributed by atoms with van der Waals surface area (Å²) in [7, 11) is 0. The third kappa shape index (κ3) is 2.05. The van der Waals surface area contributed by atoms with Gasteiger partial charge in [-0.15, -0.1) is 0 Å². The van der Waals surface area contributed by atoms with Crippen molar-refractivity contribution in [2.24, 2.45) is 0 Å². The molecule has 1 atom stereocenters. The Bertz CT molecular complexity index is 648. The van der Waals surface area contributed by atoms with Gasteiger partial charge in [0.15, 0.2) is 5.82 Å². The van der Waals surface area contributed by atoms with Crippen LogP contribution in [0.1, 0.15) is 36.1 Å². The Kier molecular flexibility index (Phi) is 3.18. The molecule has 1 aromatic heterocycles. The van der Waals surface area contributed by atoms with Gasteiger partial charge in [-0.3, -0.25) is 9.89 Å². The molecule has 0 saturated carbocycles. The molecule has 0 fully saturated rings. The molecule has 1 aliphatic rings. The molecule has 0 unspecified atom stereocenters. The van der Waals surface area contributed by atoms with E-state index in [0.717, 1.165) is 22.6 Å². The highest BCUT2D eigenvalue weighted by Crippen LogP contribution is 2.41. The van der Waals surface area contributed by atoms with Crippen LogP contribution >= 0.6 is 0 Å². The van der Waals surface area contributed by atoms with Crippen LogP contribution in [0.25, 0.3) is 0 Å². The monoisotopic (exact) mass is 271 g/mol. The number of nitrogens with zero attached hydrogens (tertiary/aromatic N) is 1. The molecule has 0 radical (unpaired) electrons. The molecule has 2 aromatic rings. The first-order valence-corrected chi connectivity index (χ1v) is 6.77. The average Bonchev–Trinajstić information content (AvgIpc) is 2.80. The number of aromatic amines is 1. The number of ether oxygens (including phenoxy) is 1. The molecule has 5 heteroatoms. The van der Waals surface area contributed by atoms with E-state index in [0.29, 0.717) is 18.8 Å². The Morgan fingerprint density at radius 2 is 2.20 bits per heavy atom. The molecule has 0 aliphatic carbocycles. The lowest BCUT2D eigenvalue weighted by Gasteiger charge is -2.24. The minimum atomic E-state index is -0.0137. The van der Waals surface area contributed by atoms with E-state index in [2.05, 4.69) is 15.5 Å². The van der Waals surface area contributed by atoms with E-state index in [1.54, 1.807) is 0 Å². The van der Waals surface area contributed by atoms with Crippen LogP contribution < -0.4 is 10.1 Å². The van der Waals surface area contributed by atoms with Crippen molar-refractivity contribution in [1.29, 1.82) is 0 Å². The summed E-state index contributed by atoms with van der Waals surface area (Å²) in [5.74, 6) is 1.44. The van der Waals surface area contributed by atoms with Crippen molar-refractivity contribution in [3.05, 3.63) is 41.1 Å². The van der Waals surface area contributed by atoms with Crippen LogP contribution in [-0.4, -0.2) is 22.7 Å². The molecule has 0 saturated heterocycles. The van der Waals surface area contributed by atoms with Crippen LogP contribution in [0, 0.1) is 6.92 Å². The van der Waals surface area contributed by atoms with E-state index < -0.39 is 0 Å². The SMILES string of the molecule is CCOc1ccccc1[C@@H]1CC(=O)Nc2n[nH]c(C)c21. The molecule has 0 spiro atoms. The second-order valence-corrected chi connectivity index (χ2v) is 4.89. The number of amides is 1. The summed E-state index contributed by atoms with van der Waals surface area (Å²) in [5, 5.41) is 9.92. The molecular weight excluding hydrogens is 254 g/mol. The lowest BCUT2D eigenvalue weighted by atomic mass is 9.85. The first-order chi connectivity index (χ1) is 9.70. The predicted octanol–water partition coefficient (Wildman–Crippen LogP) is 2.59. The van der Waals surface area contributed by atoms with Crippen LogP contribution in [0.5, 0.6) is 5.75 Å². The van der Waals surface area contributed by atoms with E-state index in [-0.39, 0.29) is 11.8 Å². The highest BCUT2D eigenvalue weighted by atomic mass is 16.5. The van der Waals surface area contributed by atoms with Gasteiger partial charge in [0.1, 0.15) is 5.75 Å². The van der Waals surface area contributed by atoms with Gasteiger partial charge in [-0.25, -0.2) is 0 Å². The number of carbonyl (C=O) groups excluding carboxylic acids is 1. The van der Waals surface area contributed by atoms with Crippen molar-refractivity contribution in [3.63, 3.8) is 0 Å². The number of anilines is 1. The average molecular weight is 271 g/mol. The first-order valence-electron chi connectivity index (χ1n) is 6.77. The Balaban J connectivity index is 2.10. The topological polar surface area (TPSA) is 67.0 Å². The summed E-state index contributed by atoms with van der Waals surface area (Å²) < 4.78 is 5.69. The zero-order valence-electron chi connectivity index (χ0n) is 11.6. The van der Waals surface area contributed by atoms with Crippen LogP contribution in [0.3, 0.4) is 0 Å². The zero-order valence-corrected chi connectivity index (χ0v) is 11.6. The number of aryl methyl sites for hydroxylation is 1. The summed E-state index contributed by atoms with van der Waals surface area (Å²) >= 11 is 0. The fourth-order valence-corrected chi connectivity index (χ4v) is 2.75. The lowest BCUT2D eigenvalue weighted by molar-refractivity contribution is -0.116. The van der Waals surface area contributed by atoms with Gasteiger partial charge in [0.05, 0.1) is 6.61 Å². The number of nitrogens with one attached hydrogen (secondary N) is 2. The second-order valence-electron chi connectivity index (χ2n) is 4.89. The number of benzene rings is 1. The number of H-pyrrole nitrogens is 1. The van der Waals surface area contributed by atoms with Gasteiger partial charge >= 0.3 is 0 Å². The predicted molar refractivity (Wildman–Crippen MR) is 76.0 cm³/mol. The molecule has 104 valence electrons. The van der Waals surface area contributed by atoms with E-state index in [1.165, 1.54) is 0 Å². The molecular formula is C15H17N3O2. The smallest absolute Gasteiger partial charge is 0.226 e. The van der Waals surface area contributed by atoms with Gasteiger partial charge in [-0.1, -0.05) is 18.2 Å². The molecule has 0 bridgehead atoms. The quantitative estimate of drug-likeness (QED) is 0.901. The minimum absolute atomic E-state index is 0.0136. The van der Waals surface area contributed by atoms with E-state index in [9.17, 15) is 4.79 Å². The van der Waals surface area contributed by atoms with Gasteiger partial charge in [-0.2, -0.15) is 5.10 Å². The number of carbonyl (C=O) groups is 1. The Morgan fingerprint density at radius 3 is 3.00 bits per heavy atom. The molecule has 3 rings (SSSR count). The van der Waals surface area contributed by atoms with Gasteiger partial charge in [0.25, 0.3) is 0 Å². The van der Waals surface area contributed by atoms with Crippen molar-refractivity contribution in [1.82, 2.24) is 10.2 Å². The van der Waals surface area contributed by atoms with Crippen LogP contribution in [0.2, 0.25) is 0 Å². The normalized spacial score (nSPS) is 17.5. The molecule has 1 aliphatic heterocycles. The van der Waals surface area contributed by atoms with Crippen LogP contribution in [0.15, 0.2) is 24.3 Å². The standard InChI is InChI=1S/C15H17N3O2/c1-3-20-12-7-5-4-6-10(12)11-8-13(19)16-15-14(11)9(2)17-18-15/h4-7,11H,3,8H2,1-2H3,(H2,16,17,18,19)/t11-/m0/s1. The summed E-state index contributed by atoms with van der Waals surface area (Å²) in [5.41, 5.74) is 3.07. The van der Waals surface area contributed by atoms with Gasteiger partial charge in [0.2, 0.25) is 5.91 Å². The Hall–Kier alpha value is -2.30. The molecule has 2 N–H and O–H groups in total. The molecule has 5 nitrogen and oxygen atoms in total. The number of para-hydroxylation sites is 1. The maximum atomic E-state index is 11.9. The molecule has 1 aromatic carbocycles. The van der Waals surface area contributed by atoms with Crippen molar-refractivity contribution in [3.8, 4) is 5.75 Å². The second kappa shape index (κ2) is 5.00. The number of rotatable bonds is 3. The molecule has 1 amide bonds. The Morgan fingerprint density at radius 1 is 1.40 bits per heavy atom. The Labute approximate surface area is 117 Å². The van der Waals surface area contributed by atoms with Gasteiger partial charge < -0.3 is 10.1 Å². The zero-order chi connectivity index (χ0) is 14.1. The minimum Gasteiger partial charge on any atom is -0.494 e. The fourth-order valence-electron chi connectivity index (χ4n) is 2.75. The third-order valence-corrected chi connectivity index (χ3v) is 3.58. The summed E-state index contributed by atoms with van der Waals surface area (Å²) in [6.07, 6.45) is 0.414. The number of hydrogen-bond donors (Lipinski definition) is 2. The maximum Gasteiger partial charge on any atom is 0.226 e. The molecule has 20 heavy (non-hydrogen) atoms. The number of fused-ring (bicyclic) bond motifs is 1. The van der Waals surface area contributed by atoms with E-state index in [1.807, 2.05) is 38.1 Å². The maximum absolute atomic E-state index is 11.9. The van der Waals surface area contributed by atoms with Crippen molar-refractivity contribution < 1.29 is 9.53 Å². The summed E-state index contributed by atoms with van der Waals surface area (Å²) in [6.45, 7) is 4.53. The number of hydrogen-bond acceptors (Lipinski definition) is 3. The van der Waals surface area contributed by atoms with E-state index >= 15 is 0 Å².